The van der Waals surface area contributed by atoms with E-state index in [1.807, 2.05) is 24.3 Å². The molecule has 0 amide bonds. The van der Waals surface area contributed by atoms with Crippen LogP contribution in [-0.4, -0.2) is 18.5 Å². The summed E-state index contributed by atoms with van der Waals surface area (Å²) in [5.74, 6) is 0. The number of hydrogen-bond donors (Lipinski definition) is 1. The maximum atomic E-state index is 8.34. The minimum Gasteiger partial charge on any atom is -0.411 e. The second-order valence-corrected chi connectivity index (χ2v) is 2.38. The lowest BCUT2D eigenvalue weighted by atomic mass is 10.1. The Bertz CT molecular complexity index is 271. The average Bonchev–Trinajstić information content (AvgIpc) is 2.09. The van der Waals surface area contributed by atoms with E-state index >= 15 is 0 Å². The highest BCUT2D eigenvalue weighted by atomic mass is 16.5. The summed E-state index contributed by atoms with van der Waals surface area (Å²) >= 11 is 0. The molecule has 0 radical (unpaired) electrons. The maximum absolute atomic E-state index is 8.34. The van der Waals surface area contributed by atoms with E-state index < -0.39 is 0 Å². The van der Waals surface area contributed by atoms with Gasteiger partial charge in [0.2, 0.25) is 0 Å². The summed E-state index contributed by atoms with van der Waals surface area (Å²) in [4.78, 5) is 0. The first-order chi connectivity index (χ1) is 5.88. The van der Waals surface area contributed by atoms with Crippen LogP contribution in [0, 0.1) is 0 Å². The summed E-state index contributed by atoms with van der Waals surface area (Å²) < 4.78 is 4.97. The molecule has 1 N–H and O–H groups in total. The van der Waals surface area contributed by atoms with E-state index in [9.17, 15) is 0 Å². The predicted molar refractivity (Wildman–Crippen MR) is 46.5 cm³/mol. The number of hydrogen-bond acceptors (Lipinski definition) is 3. The van der Waals surface area contributed by atoms with E-state index in [0.717, 1.165) is 11.1 Å². The first-order valence-corrected chi connectivity index (χ1v) is 3.62. The Balaban J connectivity index is 2.91. The van der Waals surface area contributed by atoms with Crippen molar-refractivity contribution >= 4 is 6.21 Å². The SMILES string of the molecule is COCc1ccccc1/C=N/O. The van der Waals surface area contributed by atoms with Gasteiger partial charge >= 0.3 is 0 Å². The molecule has 0 bridgehead atoms. The minimum atomic E-state index is 0.530. The van der Waals surface area contributed by atoms with Gasteiger partial charge in [-0.1, -0.05) is 29.4 Å². The molecule has 0 aliphatic carbocycles. The fraction of sp³-hybridized carbons (Fsp3) is 0.222. The molecule has 12 heavy (non-hydrogen) atoms. The molecule has 1 rings (SSSR count). The number of nitrogens with zero attached hydrogens (tertiary/aromatic N) is 1. The van der Waals surface area contributed by atoms with Crippen LogP contribution in [-0.2, 0) is 11.3 Å². The third kappa shape index (κ3) is 2.07. The van der Waals surface area contributed by atoms with Crippen LogP contribution >= 0.6 is 0 Å². The Morgan fingerprint density at radius 3 is 2.92 bits per heavy atom. The predicted octanol–water partition coefficient (Wildman–Crippen LogP) is 1.64. The van der Waals surface area contributed by atoms with Gasteiger partial charge in [-0.05, 0) is 5.56 Å². The molecule has 0 spiro atoms. The van der Waals surface area contributed by atoms with Gasteiger partial charge in [0, 0.05) is 12.7 Å². The van der Waals surface area contributed by atoms with Crippen molar-refractivity contribution in [2.75, 3.05) is 7.11 Å². The third-order valence-corrected chi connectivity index (χ3v) is 1.55. The summed E-state index contributed by atoms with van der Waals surface area (Å²) in [5.41, 5.74) is 1.89. The van der Waals surface area contributed by atoms with E-state index in [0.29, 0.717) is 6.61 Å². The fourth-order valence-electron chi connectivity index (χ4n) is 1.01. The summed E-state index contributed by atoms with van der Waals surface area (Å²) in [5, 5.41) is 11.3. The van der Waals surface area contributed by atoms with Gasteiger partial charge in [0.25, 0.3) is 0 Å². The smallest absolute Gasteiger partial charge is 0.0737 e. The number of methoxy groups -OCH3 is 1. The van der Waals surface area contributed by atoms with Crippen molar-refractivity contribution in [3.63, 3.8) is 0 Å². The van der Waals surface area contributed by atoms with E-state index in [1.54, 1.807) is 7.11 Å². The van der Waals surface area contributed by atoms with Crippen LogP contribution in [0.2, 0.25) is 0 Å². The van der Waals surface area contributed by atoms with E-state index in [1.165, 1.54) is 6.21 Å². The van der Waals surface area contributed by atoms with Crippen LogP contribution in [0.15, 0.2) is 29.4 Å². The molecular formula is C9H11NO2. The lowest BCUT2D eigenvalue weighted by molar-refractivity contribution is 0.185. The Hall–Kier alpha value is -1.35. The van der Waals surface area contributed by atoms with E-state index in [4.69, 9.17) is 9.94 Å². The highest BCUT2D eigenvalue weighted by molar-refractivity contribution is 5.81. The molecule has 0 atom stereocenters. The molecular weight excluding hydrogens is 154 g/mol. The van der Waals surface area contributed by atoms with Crippen LogP contribution < -0.4 is 0 Å². The topological polar surface area (TPSA) is 41.8 Å². The molecule has 0 unspecified atom stereocenters. The van der Waals surface area contributed by atoms with Crippen LogP contribution in [0.1, 0.15) is 11.1 Å². The van der Waals surface area contributed by atoms with Crippen molar-refractivity contribution < 1.29 is 9.94 Å². The Morgan fingerprint density at radius 2 is 2.25 bits per heavy atom. The molecule has 3 heteroatoms. The largest absolute Gasteiger partial charge is 0.411 e. The van der Waals surface area contributed by atoms with Crippen LogP contribution in [0.5, 0.6) is 0 Å². The fourth-order valence-corrected chi connectivity index (χ4v) is 1.01. The van der Waals surface area contributed by atoms with E-state index in [2.05, 4.69) is 5.16 Å². The van der Waals surface area contributed by atoms with Gasteiger partial charge in [0.05, 0.1) is 12.8 Å². The normalized spacial score (nSPS) is 10.8. The summed E-state index contributed by atoms with van der Waals surface area (Å²) in [6.45, 7) is 0.530. The lowest BCUT2D eigenvalue weighted by Crippen LogP contribution is -1.93. The van der Waals surface area contributed by atoms with Crippen molar-refractivity contribution in [1.29, 1.82) is 0 Å². The standard InChI is InChI=1S/C9H11NO2/c1-12-7-9-5-3-2-4-8(9)6-10-11/h2-6,11H,7H2,1H3/b10-6+. The first kappa shape index (κ1) is 8.74. The minimum absolute atomic E-state index is 0.530. The molecule has 3 nitrogen and oxygen atoms in total. The zero-order chi connectivity index (χ0) is 8.81. The van der Waals surface area contributed by atoms with Crippen LogP contribution in [0.3, 0.4) is 0 Å². The maximum Gasteiger partial charge on any atom is 0.0737 e. The van der Waals surface area contributed by atoms with Crippen molar-refractivity contribution in [2.24, 2.45) is 5.16 Å². The van der Waals surface area contributed by atoms with Gasteiger partial charge in [-0.2, -0.15) is 0 Å². The summed E-state index contributed by atoms with van der Waals surface area (Å²) in [6, 6.07) is 7.60. The molecule has 0 heterocycles. The van der Waals surface area contributed by atoms with Crippen molar-refractivity contribution in [3.05, 3.63) is 35.4 Å². The Kier molecular flexibility index (Phi) is 3.29. The highest BCUT2D eigenvalue weighted by Crippen LogP contribution is 2.06. The monoisotopic (exact) mass is 165 g/mol. The zero-order valence-electron chi connectivity index (χ0n) is 6.90. The summed E-state index contributed by atoms with van der Waals surface area (Å²) in [6.07, 6.45) is 1.40. The van der Waals surface area contributed by atoms with Crippen LogP contribution in [0.4, 0.5) is 0 Å². The molecule has 0 saturated heterocycles. The lowest BCUT2D eigenvalue weighted by Gasteiger charge is -2.02. The Morgan fingerprint density at radius 1 is 1.50 bits per heavy atom. The van der Waals surface area contributed by atoms with Crippen LogP contribution in [0.25, 0.3) is 0 Å². The van der Waals surface area contributed by atoms with Crippen molar-refractivity contribution in [2.45, 2.75) is 6.61 Å². The van der Waals surface area contributed by atoms with Gasteiger partial charge in [-0.3, -0.25) is 0 Å². The molecule has 0 fully saturated rings. The number of benzene rings is 1. The Labute approximate surface area is 71.3 Å². The number of oxime groups is 1. The second kappa shape index (κ2) is 4.51. The first-order valence-electron chi connectivity index (χ1n) is 3.62. The summed E-state index contributed by atoms with van der Waals surface area (Å²) in [7, 11) is 1.63. The van der Waals surface area contributed by atoms with Crippen molar-refractivity contribution in [1.82, 2.24) is 0 Å². The quantitative estimate of drug-likeness (QED) is 0.420. The number of rotatable bonds is 3. The van der Waals surface area contributed by atoms with Gasteiger partial charge in [0.15, 0.2) is 0 Å². The average molecular weight is 165 g/mol. The molecule has 1 aromatic rings. The highest BCUT2D eigenvalue weighted by Gasteiger charge is 1.97. The van der Waals surface area contributed by atoms with Gasteiger partial charge in [-0.25, -0.2) is 0 Å². The van der Waals surface area contributed by atoms with E-state index in [-0.39, 0.29) is 0 Å². The second-order valence-electron chi connectivity index (χ2n) is 2.38. The van der Waals surface area contributed by atoms with Crippen molar-refractivity contribution in [3.8, 4) is 0 Å². The molecule has 0 aliphatic rings. The zero-order valence-corrected chi connectivity index (χ0v) is 6.90. The third-order valence-electron chi connectivity index (χ3n) is 1.55. The number of ether oxygens (including phenoxy) is 1. The molecule has 64 valence electrons. The van der Waals surface area contributed by atoms with Gasteiger partial charge in [0.1, 0.15) is 0 Å². The molecule has 1 aromatic carbocycles. The van der Waals surface area contributed by atoms with Gasteiger partial charge in [-0.15, -0.1) is 0 Å². The van der Waals surface area contributed by atoms with Gasteiger partial charge < -0.3 is 9.94 Å². The molecule has 0 saturated carbocycles. The molecule has 0 aromatic heterocycles. The molecule has 0 aliphatic heterocycles.